The third kappa shape index (κ3) is 4.26. The van der Waals surface area contributed by atoms with Crippen molar-refractivity contribution < 1.29 is 4.39 Å². The van der Waals surface area contributed by atoms with Crippen LogP contribution in [0.2, 0.25) is 0 Å². The Morgan fingerprint density at radius 3 is 1.53 bits per heavy atom. The van der Waals surface area contributed by atoms with Crippen LogP contribution in [-0.2, 0) is 0 Å². The quantitative estimate of drug-likeness (QED) is 0.568. The van der Waals surface area contributed by atoms with Crippen LogP contribution in [0, 0.1) is 22.7 Å². The predicted molar refractivity (Wildman–Crippen MR) is 76.0 cm³/mol. The van der Waals surface area contributed by atoms with Gasteiger partial charge in [0, 0.05) is 5.41 Å². The van der Waals surface area contributed by atoms with Crippen LogP contribution in [-0.4, -0.2) is 5.67 Å². The minimum Gasteiger partial charge on any atom is -0.244 e. The van der Waals surface area contributed by atoms with Crippen LogP contribution in [0.1, 0.15) is 75.2 Å². The van der Waals surface area contributed by atoms with Gasteiger partial charge in [-0.2, -0.15) is 0 Å². The Morgan fingerprint density at radius 2 is 1.29 bits per heavy atom. The van der Waals surface area contributed by atoms with Gasteiger partial charge in [0.05, 0.1) is 0 Å². The molecule has 0 amide bonds. The van der Waals surface area contributed by atoms with Crippen LogP contribution in [0.4, 0.5) is 4.39 Å². The maximum absolute atomic E-state index is 14.4. The first-order valence-electron chi connectivity index (χ1n) is 7.01. The van der Waals surface area contributed by atoms with Crippen molar-refractivity contribution in [3.05, 3.63) is 0 Å². The van der Waals surface area contributed by atoms with Gasteiger partial charge in [-0.15, -0.1) is 0 Å². The Kier molecular flexibility index (Phi) is 5.26. The molecular weight excluding hydrogens is 211 g/mol. The first kappa shape index (κ1) is 16.9. The fourth-order valence-electron chi connectivity index (χ4n) is 2.22. The van der Waals surface area contributed by atoms with E-state index in [1.807, 2.05) is 0 Å². The molecule has 2 unspecified atom stereocenters. The van der Waals surface area contributed by atoms with Gasteiger partial charge in [-0.1, -0.05) is 48.5 Å². The molecule has 0 aliphatic carbocycles. The van der Waals surface area contributed by atoms with Gasteiger partial charge in [0.25, 0.3) is 0 Å². The Hall–Kier alpha value is -0.0700. The van der Waals surface area contributed by atoms with Crippen LogP contribution in [0.25, 0.3) is 0 Å². The van der Waals surface area contributed by atoms with E-state index in [2.05, 4.69) is 48.5 Å². The van der Waals surface area contributed by atoms with E-state index in [-0.39, 0.29) is 5.41 Å². The summed E-state index contributed by atoms with van der Waals surface area (Å²) in [7, 11) is 0. The van der Waals surface area contributed by atoms with E-state index in [1.165, 1.54) is 0 Å². The molecule has 0 spiro atoms. The summed E-state index contributed by atoms with van der Waals surface area (Å²) in [6, 6.07) is 0. The van der Waals surface area contributed by atoms with Crippen molar-refractivity contribution >= 4 is 0 Å². The summed E-state index contributed by atoms with van der Waals surface area (Å²) in [5, 5.41) is 0. The first-order valence-corrected chi connectivity index (χ1v) is 7.01. The smallest absolute Gasteiger partial charge is 0.111 e. The standard InChI is InChI=1S/C16H33F/c1-12(2)16(9,15(7,8)17)11-10-13(3)14(4,5)6/h12-13H,10-11H2,1-9H3. The lowest BCUT2D eigenvalue weighted by atomic mass is 9.64. The van der Waals surface area contributed by atoms with Crippen molar-refractivity contribution in [3.63, 3.8) is 0 Å². The second-order valence-electron chi connectivity index (χ2n) is 7.85. The number of alkyl halides is 1. The van der Waals surface area contributed by atoms with E-state index in [0.29, 0.717) is 17.3 Å². The summed E-state index contributed by atoms with van der Waals surface area (Å²) in [4.78, 5) is 0. The SMILES string of the molecule is CC(CCC(C)(C(C)C)C(C)(C)F)C(C)(C)C. The lowest BCUT2D eigenvalue weighted by Gasteiger charge is -2.44. The maximum Gasteiger partial charge on any atom is 0.111 e. The molecule has 1 heteroatoms. The summed E-state index contributed by atoms with van der Waals surface area (Å²) in [6.45, 7) is 18.9. The molecule has 2 atom stereocenters. The third-order valence-electron chi connectivity index (χ3n) is 5.21. The van der Waals surface area contributed by atoms with Crippen LogP contribution in [0.3, 0.4) is 0 Å². The highest BCUT2D eigenvalue weighted by atomic mass is 19.1. The lowest BCUT2D eigenvalue weighted by molar-refractivity contribution is -0.0167. The van der Waals surface area contributed by atoms with Gasteiger partial charge < -0.3 is 0 Å². The second-order valence-corrected chi connectivity index (χ2v) is 7.85. The van der Waals surface area contributed by atoms with Gasteiger partial charge in [-0.05, 0) is 43.9 Å². The summed E-state index contributed by atoms with van der Waals surface area (Å²) in [5.41, 5.74) is -1.02. The van der Waals surface area contributed by atoms with E-state index in [4.69, 9.17) is 0 Å². The molecular formula is C16H33F. The topological polar surface area (TPSA) is 0 Å². The zero-order valence-corrected chi connectivity index (χ0v) is 13.4. The molecule has 0 aliphatic heterocycles. The van der Waals surface area contributed by atoms with E-state index in [9.17, 15) is 4.39 Å². The number of hydrogen-bond donors (Lipinski definition) is 0. The van der Waals surface area contributed by atoms with Gasteiger partial charge >= 0.3 is 0 Å². The van der Waals surface area contributed by atoms with Crippen molar-refractivity contribution in [2.45, 2.75) is 80.8 Å². The molecule has 0 fully saturated rings. The van der Waals surface area contributed by atoms with Crippen molar-refractivity contribution in [2.75, 3.05) is 0 Å². The lowest BCUT2D eigenvalue weighted by Crippen LogP contribution is -2.42. The van der Waals surface area contributed by atoms with Crippen LogP contribution in [0.5, 0.6) is 0 Å². The Bertz CT molecular complexity index is 229. The largest absolute Gasteiger partial charge is 0.244 e. The van der Waals surface area contributed by atoms with Crippen LogP contribution in [0.15, 0.2) is 0 Å². The zero-order chi connectivity index (χ0) is 14.1. The predicted octanol–water partition coefficient (Wildman–Crippen LogP) is 5.86. The molecule has 0 saturated carbocycles. The van der Waals surface area contributed by atoms with Crippen LogP contribution >= 0.6 is 0 Å². The van der Waals surface area contributed by atoms with Crippen molar-refractivity contribution in [3.8, 4) is 0 Å². The van der Waals surface area contributed by atoms with E-state index >= 15 is 0 Å². The molecule has 0 N–H and O–H groups in total. The highest BCUT2D eigenvalue weighted by Crippen LogP contribution is 2.46. The number of hydrogen-bond acceptors (Lipinski definition) is 0. The monoisotopic (exact) mass is 244 g/mol. The molecule has 0 aliphatic rings. The van der Waals surface area contributed by atoms with Crippen molar-refractivity contribution in [2.24, 2.45) is 22.7 Å². The van der Waals surface area contributed by atoms with E-state index < -0.39 is 5.67 Å². The minimum absolute atomic E-state index is 0.230. The third-order valence-corrected chi connectivity index (χ3v) is 5.21. The number of rotatable bonds is 5. The second kappa shape index (κ2) is 5.28. The first-order chi connectivity index (χ1) is 7.32. The average molecular weight is 244 g/mol. The molecule has 104 valence electrons. The molecule has 0 nitrogen and oxygen atoms in total. The van der Waals surface area contributed by atoms with Gasteiger partial charge in [0.15, 0.2) is 0 Å². The summed E-state index contributed by atoms with van der Waals surface area (Å²) < 4.78 is 14.4. The van der Waals surface area contributed by atoms with Crippen molar-refractivity contribution in [1.82, 2.24) is 0 Å². The minimum atomic E-state index is -1.11. The van der Waals surface area contributed by atoms with Gasteiger partial charge in [-0.25, -0.2) is 4.39 Å². The average Bonchev–Trinajstić information content (AvgIpc) is 2.09. The zero-order valence-electron chi connectivity index (χ0n) is 13.4. The normalized spacial score (nSPS) is 19.2. The Labute approximate surface area is 108 Å². The molecule has 0 rings (SSSR count). The van der Waals surface area contributed by atoms with E-state index in [0.717, 1.165) is 12.8 Å². The van der Waals surface area contributed by atoms with Gasteiger partial charge in [-0.3, -0.25) is 0 Å². The highest BCUT2D eigenvalue weighted by Gasteiger charge is 2.43. The fraction of sp³-hybridized carbons (Fsp3) is 1.00. The molecule has 0 radical (unpaired) electrons. The van der Waals surface area contributed by atoms with Crippen LogP contribution < -0.4 is 0 Å². The molecule has 0 aromatic rings. The number of halogens is 1. The Balaban J connectivity index is 4.72. The van der Waals surface area contributed by atoms with Gasteiger partial charge in [0.1, 0.15) is 5.67 Å². The molecule has 0 aromatic heterocycles. The molecule has 0 heterocycles. The molecule has 0 bridgehead atoms. The van der Waals surface area contributed by atoms with E-state index in [1.54, 1.807) is 13.8 Å². The maximum atomic E-state index is 14.4. The summed E-state index contributed by atoms with van der Waals surface area (Å²) in [5.74, 6) is 0.998. The Morgan fingerprint density at radius 1 is 0.882 bits per heavy atom. The van der Waals surface area contributed by atoms with Gasteiger partial charge in [0.2, 0.25) is 0 Å². The molecule has 0 saturated heterocycles. The molecule has 17 heavy (non-hydrogen) atoms. The fourth-order valence-corrected chi connectivity index (χ4v) is 2.22. The summed E-state index contributed by atoms with van der Waals surface area (Å²) in [6.07, 6.45) is 2.07. The highest BCUT2D eigenvalue weighted by molar-refractivity contribution is 4.93. The molecule has 0 aromatic carbocycles. The van der Waals surface area contributed by atoms with Crippen molar-refractivity contribution in [1.29, 1.82) is 0 Å². The summed E-state index contributed by atoms with van der Waals surface area (Å²) >= 11 is 0.